The van der Waals surface area contributed by atoms with E-state index in [9.17, 15) is 13.2 Å². The Labute approximate surface area is 82.3 Å². The zero-order valence-electron chi connectivity index (χ0n) is 7.30. The Morgan fingerprint density at radius 2 is 1.73 bits per heavy atom. The molecule has 2 aromatic rings. The van der Waals surface area contributed by atoms with Crippen LogP contribution in [0.15, 0.2) is 22.7 Å². The zero-order chi connectivity index (χ0) is 11.0. The van der Waals surface area contributed by atoms with Crippen molar-refractivity contribution in [2.45, 2.75) is 0 Å². The maximum atomic E-state index is 13.2. The Balaban J connectivity index is 2.62. The second-order valence-electron chi connectivity index (χ2n) is 2.81. The molecule has 0 fully saturated rings. The fourth-order valence-corrected chi connectivity index (χ4v) is 1.18. The lowest BCUT2D eigenvalue weighted by atomic mass is 10.1. The third kappa shape index (κ3) is 1.65. The number of nitrogen functional groups attached to an aromatic ring is 1. The van der Waals surface area contributed by atoms with E-state index in [2.05, 4.69) is 4.98 Å². The molecule has 0 unspecified atom stereocenters. The van der Waals surface area contributed by atoms with E-state index >= 15 is 0 Å². The van der Waals surface area contributed by atoms with Gasteiger partial charge in [0.15, 0.2) is 5.76 Å². The Hall–Kier alpha value is -1.98. The molecule has 6 heteroatoms. The predicted molar refractivity (Wildman–Crippen MR) is 46.2 cm³/mol. The summed E-state index contributed by atoms with van der Waals surface area (Å²) in [6, 6.07) is 0.891. The highest BCUT2D eigenvalue weighted by molar-refractivity contribution is 5.59. The van der Waals surface area contributed by atoms with Crippen molar-refractivity contribution in [2.24, 2.45) is 0 Å². The number of nitrogens with two attached hydrogens (primary N) is 1. The van der Waals surface area contributed by atoms with Gasteiger partial charge in [-0.1, -0.05) is 0 Å². The van der Waals surface area contributed by atoms with Crippen molar-refractivity contribution in [2.75, 3.05) is 5.73 Å². The van der Waals surface area contributed by atoms with Crippen molar-refractivity contribution >= 4 is 6.01 Å². The van der Waals surface area contributed by atoms with Crippen molar-refractivity contribution in [1.82, 2.24) is 4.98 Å². The van der Waals surface area contributed by atoms with E-state index in [0.717, 1.165) is 6.20 Å². The number of aromatic nitrogens is 1. The van der Waals surface area contributed by atoms with Gasteiger partial charge < -0.3 is 10.2 Å². The van der Waals surface area contributed by atoms with Crippen LogP contribution in [0.5, 0.6) is 0 Å². The van der Waals surface area contributed by atoms with E-state index in [4.69, 9.17) is 10.2 Å². The molecular weight excluding hydrogens is 209 g/mol. The largest absolute Gasteiger partial charge is 0.424 e. The molecule has 1 heterocycles. The van der Waals surface area contributed by atoms with Gasteiger partial charge in [0.25, 0.3) is 6.01 Å². The zero-order valence-corrected chi connectivity index (χ0v) is 7.30. The molecular formula is C9H5F3N2O. The summed E-state index contributed by atoms with van der Waals surface area (Å²) in [6.45, 7) is 0. The van der Waals surface area contributed by atoms with Gasteiger partial charge in [0.1, 0.15) is 17.5 Å². The number of rotatable bonds is 1. The SMILES string of the molecule is Nc1ncc(-c2c(F)cc(F)cc2F)o1. The monoisotopic (exact) mass is 214 g/mol. The summed E-state index contributed by atoms with van der Waals surface area (Å²) in [4.78, 5) is 3.48. The highest BCUT2D eigenvalue weighted by Gasteiger charge is 2.16. The molecule has 0 amide bonds. The van der Waals surface area contributed by atoms with Crippen LogP contribution in [-0.2, 0) is 0 Å². The number of hydrogen-bond donors (Lipinski definition) is 1. The normalized spacial score (nSPS) is 10.6. The third-order valence-electron chi connectivity index (χ3n) is 1.78. The quantitative estimate of drug-likeness (QED) is 0.792. The molecule has 0 atom stereocenters. The summed E-state index contributed by atoms with van der Waals surface area (Å²) < 4.78 is 43.7. The van der Waals surface area contributed by atoms with Crippen LogP contribution in [0.1, 0.15) is 0 Å². The molecule has 0 aliphatic carbocycles. The molecule has 0 aliphatic heterocycles. The smallest absolute Gasteiger partial charge is 0.292 e. The van der Waals surface area contributed by atoms with Crippen molar-refractivity contribution in [3.05, 3.63) is 35.8 Å². The molecule has 0 saturated heterocycles. The minimum absolute atomic E-state index is 0.178. The van der Waals surface area contributed by atoms with Crippen molar-refractivity contribution < 1.29 is 17.6 Å². The Kier molecular flexibility index (Phi) is 2.11. The number of halogens is 3. The lowest BCUT2D eigenvalue weighted by Gasteiger charge is -2.00. The summed E-state index contributed by atoms with van der Waals surface area (Å²) in [7, 11) is 0. The molecule has 0 spiro atoms. The average Bonchev–Trinajstić information content (AvgIpc) is 2.49. The van der Waals surface area contributed by atoms with Gasteiger partial charge in [0.05, 0.1) is 11.8 Å². The molecule has 1 aromatic heterocycles. The average molecular weight is 214 g/mol. The molecule has 2 rings (SSSR count). The van der Waals surface area contributed by atoms with E-state index in [1.807, 2.05) is 0 Å². The van der Waals surface area contributed by atoms with Gasteiger partial charge in [-0.3, -0.25) is 0 Å². The molecule has 2 N–H and O–H groups in total. The molecule has 1 aromatic carbocycles. The minimum atomic E-state index is -1.07. The predicted octanol–water partition coefficient (Wildman–Crippen LogP) is 2.34. The molecule has 0 aliphatic rings. The maximum Gasteiger partial charge on any atom is 0.292 e. The van der Waals surface area contributed by atoms with Crippen LogP contribution in [0, 0.1) is 17.5 Å². The Morgan fingerprint density at radius 1 is 1.13 bits per heavy atom. The number of benzene rings is 1. The topological polar surface area (TPSA) is 52.0 Å². The maximum absolute atomic E-state index is 13.2. The van der Waals surface area contributed by atoms with Gasteiger partial charge in [-0.15, -0.1) is 0 Å². The van der Waals surface area contributed by atoms with Crippen molar-refractivity contribution in [1.29, 1.82) is 0 Å². The highest BCUT2D eigenvalue weighted by Crippen LogP contribution is 2.27. The minimum Gasteiger partial charge on any atom is -0.424 e. The van der Waals surface area contributed by atoms with Crippen LogP contribution in [0.25, 0.3) is 11.3 Å². The fraction of sp³-hybridized carbons (Fsp3) is 0. The van der Waals surface area contributed by atoms with Crippen LogP contribution < -0.4 is 5.73 Å². The Bertz CT molecular complexity index is 487. The lowest BCUT2D eigenvalue weighted by Crippen LogP contribution is -1.91. The first-order valence-electron chi connectivity index (χ1n) is 3.94. The van der Waals surface area contributed by atoms with Crippen LogP contribution in [0.2, 0.25) is 0 Å². The van der Waals surface area contributed by atoms with E-state index < -0.39 is 23.0 Å². The van der Waals surface area contributed by atoms with Gasteiger partial charge in [-0.05, 0) is 0 Å². The second-order valence-corrected chi connectivity index (χ2v) is 2.81. The van der Waals surface area contributed by atoms with E-state index in [1.54, 1.807) is 0 Å². The van der Waals surface area contributed by atoms with E-state index in [0.29, 0.717) is 12.1 Å². The standard InChI is InChI=1S/C9H5F3N2O/c10-4-1-5(11)8(6(12)2-4)7-3-14-9(13)15-7/h1-3H,(H2,13,14). The molecule has 0 bridgehead atoms. The molecule has 0 radical (unpaired) electrons. The van der Waals surface area contributed by atoms with Gasteiger partial charge in [0.2, 0.25) is 0 Å². The van der Waals surface area contributed by atoms with Gasteiger partial charge in [-0.2, -0.15) is 0 Å². The summed E-state index contributed by atoms with van der Waals surface area (Å²) in [5, 5.41) is 0. The molecule has 78 valence electrons. The first kappa shape index (κ1) is 9.57. The van der Waals surface area contributed by atoms with E-state index in [-0.39, 0.29) is 11.8 Å². The van der Waals surface area contributed by atoms with Crippen LogP contribution in [0.3, 0.4) is 0 Å². The summed E-state index contributed by atoms with van der Waals surface area (Å²) in [5.41, 5.74) is 4.66. The van der Waals surface area contributed by atoms with Crippen LogP contribution >= 0.6 is 0 Å². The fourth-order valence-electron chi connectivity index (χ4n) is 1.18. The Morgan fingerprint density at radius 3 is 2.20 bits per heavy atom. The first-order chi connectivity index (χ1) is 7.08. The van der Waals surface area contributed by atoms with Gasteiger partial charge in [-0.25, -0.2) is 18.2 Å². The number of nitrogens with zero attached hydrogens (tertiary/aromatic N) is 1. The number of oxazole rings is 1. The second kappa shape index (κ2) is 3.30. The molecule has 3 nitrogen and oxygen atoms in total. The number of anilines is 1. The summed E-state index contributed by atoms with van der Waals surface area (Å²) in [6.07, 6.45) is 1.06. The summed E-state index contributed by atoms with van der Waals surface area (Å²) in [5.74, 6) is -3.31. The highest BCUT2D eigenvalue weighted by atomic mass is 19.1. The van der Waals surface area contributed by atoms with Crippen molar-refractivity contribution in [3.8, 4) is 11.3 Å². The van der Waals surface area contributed by atoms with Gasteiger partial charge in [0, 0.05) is 12.1 Å². The van der Waals surface area contributed by atoms with Crippen LogP contribution in [-0.4, -0.2) is 4.98 Å². The van der Waals surface area contributed by atoms with Crippen LogP contribution in [0.4, 0.5) is 19.2 Å². The number of hydrogen-bond acceptors (Lipinski definition) is 3. The van der Waals surface area contributed by atoms with Gasteiger partial charge >= 0.3 is 0 Å². The summed E-state index contributed by atoms with van der Waals surface area (Å²) >= 11 is 0. The lowest BCUT2D eigenvalue weighted by molar-refractivity contribution is 0.532. The molecule has 15 heavy (non-hydrogen) atoms. The first-order valence-corrected chi connectivity index (χ1v) is 3.94. The molecule has 0 saturated carbocycles. The third-order valence-corrected chi connectivity index (χ3v) is 1.78. The van der Waals surface area contributed by atoms with Crippen molar-refractivity contribution in [3.63, 3.8) is 0 Å². The van der Waals surface area contributed by atoms with E-state index in [1.165, 1.54) is 0 Å².